The molecule has 0 saturated heterocycles. The summed E-state index contributed by atoms with van der Waals surface area (Å²) in [4.78, 5) is 2.50. The number of benzene rings is 2. The van der Waals surface area contributed by atoms with Crippen LogP contribution in [0.1, 0.15) is 114 Å². The molecule has 3 heteroatoms. The molecular formula is C30H40N2S. The second-order valence-corrected chi connectivity index (χ2v) is 10.1. The minimum Gasteiger partial charge on any atom is -0.198 e. The van der Waals surface area contributed by atoms with Crippen molar-refractivity contribution >= 4 is 11.8 Å². The SMILES string of the molecule is CCCCCCC(CC#N)c1ccccc1Sc1ccccc1C(CC#N)CCCCCC. The molecule has 2 aromatic rings. The zero-order valence-corrected chi connectivity index (χ0v) is 21.4. The lowest BCUT2D eigenvalue weighted by atomic mass is 9.90. The Hall–Kier alpha value is -2.23. The standard InChI is InChI=1S/C30H40N2S/c1-3-5-7-9-15-25(21-23-31)27-17-11-13-19-29(27)33-30-20-14-12-18-28(30)26(22-24-32)16-10-8-6-4-2/h11-14,17-20,25-26H,3-10,15-16,21-22H2,1-2H3. The minimum atomic E-state index is 0.284. The highest BCUT2D eigenvalue weighted by Gasteiger charge is 2.19. The minimum absolute atomic E-state index is 0.284. The average molecular weight is 461 g/mol. The van der Waals surface area contributed by atoms with Gasteiger partial charge < -0.3 is 0 Å². The predicted octanol–water partition coefficient (Wildman–Crippen LogP) is 9.77. The monoisotopic (exact) mass is 460 g/mol. The Morgan fingerprint density at radius 1 is 0.636 bits per heavy atom. The van der Waals surface area contributed by atoms with Gasteiger partial charge in [0.25, 0.3) is 0 Å². The van der Waals surface area contributed by atoms with E-state index < -0.39 is 0 Å². The fourth-order valence-corrected chi connectivity index (χ4v) is 5.77. The molecule has 2 nitrogen and oxygen atoms in total. The second kappa shape index (κ2) is 16.4. The maximum absolute atomic E-state index is 9.49. The van der Waals surface area contributed by atoms with Gasteiger partial charge in [-0.25, -0.2) is 0 Å². The molecule has 0 spiro atoms. The van der Waals surface area contributed by atoms with Gasteiger partial charge in [0, 0.05) is 22.6 Å². The first-order valence-electron chi connectivity index (χ1n) is 12.8. The normalized spacial score (nSPS) is 12.6. The molecule has 2 atom stereocenters. The second-order valence-electron chi connectivity index (χ2n) is 8.99. The molecule has 2 unspecified atom stereocenters. The first kappa shape index (κ1) is 27.0. The van der Waals surface area contributed by atoms with Gasteiger partial charge in [0.1, 0.15) is 0 Å². The number of hydrogen-bond donors (Lipinski definition) is 0. The summed E-state index contributed by atoms with van der Waals surface area (Å²) in [6, 6.07) is 22.1. The van der Waals surface area contributed by atoms with Gasteiger partial charge in [-0.2, -0.15) is 10.5 Å². The summed E-state index contributed by atoms with van der Waals surface area (Å²) in [5, 5.41) is 19.0. The van der Waals surface area contributed by atoms with Crippen molar-refractivity contribution in [3.8, 4) is 12.1 Å². The van der Waals surface area contributed by atoms with E-state index in [9.17, 15) is 10.5 Å². The molecule has 2 rings (SSSR count). The van der Waals surface area contributed by atoms with E-state index in [0.29, 0.717) is 12.8 Å². The van der Waals surface area contributed by atoms with Crippen LogP contribution in [0.15, 0.2) is 58.3 Å². The Kier molecular flexibility index (Phi) is 13.4. The highest BCUT2D eigenvalue weighted by Crippen LogP contribution is 2.41. The number of nitrogens with zero attached hydrogens (tertiary/aromatic N) is 2. The lowest BCUT2D eigenvalue weighted by Crippen LogP contribution is -2.02. The number of unbranched alkanes of at least 4 members (excludes halogenated alkanes) is 6. The van der Waals surface area contributed by atoms with Crippen LogP contribution in [0, 0.1) is 22.7 Å². The van der Waals surface area contributed by atoms with E-state index in [1.165, 1.54) is 72.3 Å². The lowest BCUT2D eigenvalue weighted by Gasteiger charge is -2.21. The number of rotatable bonds is 16. The summed E-state index contributed by atoms with van der Waals surface area (Å²) in [6.07, 6.45) is 13.1. The van der Waals surface area contributed by atoms with Crippen LogP contribution in [0.5, 0.6) is 0 Å². The van der Waals surface area contributed by atoms with E-state index in [-0.39, 0.29) is 11.8 Å². The van der Waals surface area contributed by atoms with Crippen LogP contribution in [0.2, 0.25) is 0 Å². The van der Waals surface area contributed by atoms with E-state index in [4.69, 9.17) is 0 Å². The van der Waals surface area contributed by atoms with E-state index in [1.807, 2.05) is 11.8 Å². The topological polar surface area (TPSA) is 47.6 Å². The van der Waals surface area contributed by atoms with Gasteiger partial charge in [0.15, 0.2) is 0 Å². The van der Waals surface area contributed by atoms with Crippen LogP contribution >= 0.6 is 11.8 Å². The molecule has 2 aromatic carbocycles. The van der Waals surface area contributed by atoms with Crippen molar-refractivity contribution in [3.05, 3.63) is 59.7 Å². The van der Waals surface area contributed by atoms with Crippen molar-refractivity contribution in [3.63, 3.8) is 0 Å². The average Bonchev–Trinajstić information content (AvgIpc) is 2.84. The summed E-state index contributed by atoms with van der Waals surface area (Å²) in [6.45, 7) is 4.47. The molecule has 33 heavy (non-hydrogen) atoms. The van der Waals surface area contributed by atoms with Crippen LogP contribution in [0.3, 0.4) is 0 Å². The molecule has 0 aromatic heterocycles. The van der Waals surface area contributed by atoms with Crippen molar-refractivity contribution < 1.29 is 0 Å². The fraction of sp³-hybridized carbons (Fsp3) is 0.533. The zero-order valence-electron chi connectivity index (χ0n) is 20.6. The molecule has 0 fully saturated rings. The molecule has 0 aliphatic carbocycles. The van der Waals surface area contributed by atoms with Crippen LogP contribution < -0.4 is 0 Å². The Labute approximate surface area is 206 Å². The molecular weight excluding hydrogens is 420 g/mol. The molecule has 176 valence electrons. The van der Waals surface area contributed by atoms with Crippen molar-refractivity contribution in [2.24, 2.45) is 0 Å². The van der Waals surface area contributed by atoms with Gasteiger partial charge >= 0.3 is 0 Å². The van der Waals surface area contributed by atoms with Crippen LogP contribution in [-0.4, -0.2) is 0 Å². The summed E-state index contributed by atoms with van der Waals surface area (Å²) in [5.74, 6) is 0.568. The Morgan fingerprint density at radius 3 is 1.45 bits per heavy atom. The van der Waals surface area contributed by atoms with Crippen molar-refractivity contribution in [2.45, 2.75) is 113 Å². The quantitative estimate of drug-likeness (QED) is 0.234. The van der Waals surface area contributed by atoms with E-state index in [1.54, 1.807) is 0 Å². The smallest absolute Gasteiger partial charge is 0.0628 e. The zero-order chi connectivity index (χ0) is 23.7. The maximum Gasteiger partial charge on any atom is 0.0628 e. The van der Waals surface area contributed by atoms with Crippen molar-refractivity contribution in [1.29, 1.82) is 10.5 Å². The van der Waals surface area contributed by atoms with Gasteiger partial charge in [-0.05, 0) is 47.9 Å². The third kappa shape index (κ3) is 9.27. The summed E-state index contributed by atoms with van der Waals surface area (Å²) in [5.41, 5.74) is 2.60. The van der Waals surface area contributed by atoms with Crippen molar-refractivity contribution in [1.82, 2.24) is 0 Å². The van der Waals surface area contributed by atoms with Crippen molar-refractivity contribution in [2.75, 3.05) is 0 Å². The van der Waals surface area contributed by atoms with E-state index in [0.717, 1.165) is 12.8 Å². The summed E-state index contributed by atoms with van der Waals surface area (Å²) in [7, 11) is 0. The summed E-state index contributed by atoms with van der Waals surface area (Å²) < 4.78 is 0. The Balaban J connectivity index is 2.25. The van der Waals surface area contributed by atoms with E-state index >= 15 is 0 Å². The lowest BCUT2D eigenvalue weighted by molar-refractivity contribution is 0.553. The summed E-state index contributed by atoms with van der Waals surface area (Å²) >= 11 is 1.82. The van der Waals surface area contributed by atoms with Gasteiger partial charge in [-0.1, -0.05) is 113 Å². The highest BCUT2D eigenvalue weighted by atomic mass is 32.2. The molecule has 0 aliphatic rings. The number of nitriles is 2. The van der Waals surface area contributed by atoms with Crippen LogP contribution in [0.25, 0.3) is 0 Å². The van der Waals surface area contributed by atoms with Crippen LogP contribution in [-0.2, 0) is 0 Å². The van der Waals surface area contributed by atoms with Crippen LogP contribution in [0.4, 0.5) is 0 Å². The Morgan fingerprint density at radius 2 is 1.06 bits per heavy atom. The van der Waals surface area contributed by atoms with Gasteiger partial charge in [0.05, 0.1) is 12.1 Å². The molecule has 0 saturated carbocycles. The molecule has 0 amide bonds. The molecule has 0 N–H and O–H groups in total. The predicted molar refractivity (Wildman–Crippen MR) is 140 cm³/mol. The van der Waals surface area contributed by atoms with Gasteiger partial charge in [0.2, 0.25) is 0 Å². The highest BCUT2D eigenvalue weighted by molar-refractivity contribution is 7.99. The fourth-order valence-electron chi connectivity index (χ4n) is 4.53. The first-order valence-corrected chi connectivity index (χ1v) is 13.7. The van der Waals surface area contributed by atoms with Gasteiger partial charge in [-0.3, -0.25) is 0 Å². The molecule has 0 radical (unpaired) electrons. The van der Waals surface area contributed by atoms with E-state index in [2.05, 4.69) is 74.5 Å². The molecule has 0 aliphatic heterocycles. The van der Waals surface area contributed by atoms with Gasteiger partial charge in [-0.15, -0.1) is 0 Å². The largest absolute Gasteiger partial charge is 0.198 e. The molecule has 0 bridgehead atoms. The molecule has 0 heterocycles. The number of hydrogen-bond acceptors (Lipinski definition) is 3. The Bertz CT molecular complexity index is 819. The first-order chi connectivity index (χ1) is 16.2. The maximum atomic E-state index is 9.49. The third-order valence-corrected chi connectivity index (χ3v) is 7.61. The third-order valence-electron chi connectivity index (χ3n) is 6.43.